The van der Waals surface area contributed by atoms with Crippen LogP contribution in [0.5, 0.6) is 0 Å². The van der Waals surface area contributed by atoms with Crippen molar-refractivity contribution in [3.05, 3.63) is 59.8 Å². The first kappa shape index (κ1) is 11.8. The van der Waals surface area contributed by atoms with Gasteiger partial charge in [-0.2, -0.15) is 10.5 Å². The molecule has 0 radical (unpaired) electrons. The summed E-state index contributed by atoms with van der Waals surface area (Å²) in [5.74, 6) is 0. The summed E-state index contributed by atoms with van der Waals surface area (Å²) in [6, 6.07) is 19.0. The number of benzene rings is 2. The lowest BCUT2D eigenvalue weighted by molar-refractivity contribution is 1.09. The van der Waals surface area contributed by atoms with Crippen LogP contribution < -0.4 is 5.73 Å². The van der Waals surface area contributed by atoms with Crippen molar-refractivity contribution in [1.29, 1.82) is 10.5 Å². The fourth-order valence-corrected chi connectivity index (χ4v) is 2.39. The van der Waals surface area contributed by atoms with Crippen LogP contribution >= 0.6 is 0 Å². The summed E-state index contributed by atoms with van der Waals surface area (Å²) < 4.78 is 1.74. The maximum atomic E-state index is 9.39. The van der Waals surface area contributed by atoms with Gasteiger partial charge in [-0.15, -0.1) is 0 Å². The number of para-hydroxylation sites is 2. The first-order chi connectivity index (χ1) is 9.77. The second-order valence-electron chi connectivity index (χ2n) is 4.36. The summed E-state index contributed by atoms with van der Waals surface area (Å²) in [6.07, 6.45) is 0. The molecule has 0 unspecified atom stereocenters. The van der Waals surface area contributed by atoms with Crippen LogP contribution in [0.1, 0.15) is 11.3 Å². The fraction of sp³-hybridized carbons (Fsp3) is 0. The molecular weight excluding hydrogens is 248 g/mol. The van der Waals surface area contributed by atoms with Crippen LogP contribution in [0.2, 0.25) is 0 Å². The van der Waals surface area contributed by atoms with Crippen molar-refractivity contribution in [2.75, 3.05) is 5.73 Å². The third kappa shape index (κ3) is 1.53. The number of hydrogen-bond donors (Lipinski definition) is 1. The Morgan fingerprint density at radius 2 is 1.60 bits per heavy atom. The van der Waals surface area contributed by atoms with E-state index in [1.54, 1.807) is 16.7 Å². The van der Waals surface area contributed by atoms with Crippen molar-refractivity contribution in [2.45, 2.75) is 0 Å². The Morgan fingerprint density at radius 3 is 2.35 bits per heavy atom. The summed E-state index contributed by atoms with van der Waals surface area (Å²) in [6.45, 7) is 0. The Hall–Kier alpha value is -3.24. The number of aromatic nitrogens is 1. The van der Waals surface area contributed by atoms with Crippen LogP contribution in [0.4, 0.5) is 5.69 Å². The van der Waals surface area contributed by atoms with Crippen molar-refractivity contribution in [2.24, 2.45) is 0 Å². The second-order valence-corrected chi connectivity index (χ2v) is 4.36. The third-order valence-corrected chi connectivity index (χ3v) is 3.29. The lowest BCUT2D eigenvalue weighted by Crippen LogP contribution is -2.01. The molecule has 20 heavy (non-hydrogen) atoms. The topological polar surface area (TPSA) is 78.5 Å². The number of nitrogen functional groups attached to an aromatic ring is 1. The molecule has 0 spiro atoms. The van der Waals surface area contributed by atoms with Gasteiger partial charge in [0.25, 0.3) is 0 Å². The molecule has 0 saturated heterocycles. The zero-order valence-corrected chi connectivity index (χ0v) is 10.5. The summed E-state index contributed by atoms with van der Waals surface area (Å²) in [7, 11) is 0. The molecule has 1 heterocycles. The van der Waals surface area contributed by atoms with Crippen molar-refractivity contribution < 1.29 is 0 Å². The zero-order valence-electron chi connectivity index (χ0n) is 10.5. The van der Waals surface area contributed by atoms with E-state index < -0.39 is 0 Å². The molecule has 0 fully saturated rings. The molecule has 2 N–H and O–H groups in total. The SMILES string of the molecule is N#Cc1ccccc1-n1c(C#N)c(N)c2ccccc21. The van der Waals surface area contributed by atoms with Gasteiger partial charge in [0.2, 0.25) is 0 Å². The van der Waals surface area contributed by atoms with Crippen molar-refractivity contribution in [1.82, 2.24) is 4.57 Å². The standard InChI is InChI=1S/C16H10N4/c17-9-11-5-1-3-7-13(11)20-14-8-4-2-6-12(14)16(19)15(20)10-18/h1-8H,19H2. The van der Waals surface area contributed by atoms with Gasteiger partial charge in [-0.1, -0.05) is 30.3 Å². The number of rotatable bonds is 1. The van der Waals surface area contributed by atoms with Gasteiger partial charge in [0, 0.05) is 5.39 Å². The van der Waals surface area contributed by atoms with E-state index in [0.717, 1.165) is 10.9 Å². The van der Waals surface area contributed by atoms with E-state index in [4.69, 9.17) is 5.73 Å². The highest BCUT2D eigenvalue weighted by Crippen LogP contribution is 2.31. The average molecular weight is 258 g/mol. The molecule has 4 heteroatoms. The lowest BCUT2D eigenvalue weighted by atomic mass is 10.2. The Balaban J connectivity index is 2.49. The van der Waals surface area contributed by atoms with Crippen LogP contribution in [-0.4, -0.2) is 4.57 Å². The lowest BCUT2D eigenvalue weighted by Gasteiger charge is -2.08. The van der Waals surface area contributed by atoms with Crippen LogP contribution in [-0.2, 0) is 0 Å². The van der Waals surface area contributed by atoms with E-state index in [1.165, 1.54) is 0 Å². The summed E-state index contributed by atoms with van der Waals surface area (Å²) in [5, 5.41) is 19.5. The molecule has 0 atom stereocenters. The molecule has 2 aromatic carbocycles. The Bertz CT molecular complexity index is 891. The molecule has 0 aliphatic carbocycles. The summed E-state index contributed by atoms with van der Waals surface area (Å²) in [5.41, 5.74) is 8.84. The number of nitrogens with zero attached hydrogens (tertiary/aromatic N) is 3. The first-order valence-corrected chi connectivity index (χ1v) is 6.06. The van der Waals surface area contributed by atoms with Crippen molar-refractivity contribution in [3.8, 4) is 17.8 Å². The van der Waals surface area contributed by atoms with Gasteiger partial charge in [0.15, 0.2) is 0 Å². The molecule has 1 aromatic heterocycles. The van der Waals surface area contributed by atoms with Crippen molar-refractivity contribution >= 4 is 16.6 Å². The highest BCUT2D eigenvalue weighted by atomic mass is 15.0. The van der Waals surface area contributed by atoms with Gasteiger partial charge in [-0.3, -0.25) is 4.57 Å². The molecule has 4 nitrogen and oxygen atoms in total. The molecular formula is C16H10N4. The van der Waals surface area contributed by atoms with E-state index in [0.29, 0.717) is 22.6 Å². The molecule has 0 amide bonds. The van der Waals surface area contributed by atoms with Gasteiger partial charge in [0.1, 0.15) is 17.8 Å². The van der Waals surface area contributed by atoms with Crippen LogP contribution in [0.25, 0.3) is 16.6 Å². The van der Waals surface area contributed by atoms with Gasteiger partial charge in [-0.05, 0) is 18.2 Å². The fourth-order valence-electron chi connectivity index (χ4n) is 2.39. The minimum absolute atomic E-state index is 0.355. The number of nitriles is 2. The predicted molar refractivity (Wildman–Crippen MR) is 77.1 cm³/mol. The van der Waals surface area contributed by atoms with Gasteiger partial charge in [-0.25, -0.2) is 0 Å². The molecule has 3 rings (SSSR count). The largest absolute Gasteiger partial charge is 0.396 e. The van der Waals surface area contributed by atoms with E-state index in [9.17, 15) is 10.5 Å². The monoisotopic (exact) mass is 258 g/mol. The van der Waals surface area contributed by atoms with Crippen LogP contribution in [0, 0.1) is 22.7 Å². The van der Waals surface area contributed by atoms with Crippen LogP contribution in [0.15, 0.2) is 48.5 Å². The van der Waals surface area contributed by atoms with E-state index in [2.05, 4.69) is 12.1 Å². The normalized spacial score (nSPS) is 10.1. The van der Waals surface area contributed by atoms with Gasteiger partial charge >= 0.3 is 0 Å². The van der Waals surface area contributed by atoms with Gasteiger partial charge in [0.05, 0.1) is 22.5 Å². The number of hydrogen-bond acceptors (Lipinski definition) is 3. The number of fused-ring (bicyclic) bond motifs is 1. The smallest absolute Gasteiger partial charge is 0.149 e. The van der Waals surface area contributed by atoms with Crippen molar-refractivity contribution in [3.63, 3.8) is 0 Å². The molecule has 3 aromatic rings. The quantitative estimate of drug-likeness (QED) is 0.728. The Kier molecular flexibility index (Phi) is 2.64. The van der Waals surface area contributed by atoms with E-state index >= 15 is 0 Å². The molecule has 0 aliphatic heterocycles. The first-order valence-electron chi connectivity index (χ1n) is 6.06. The number of anilines is 1. The highest BCUT2D eigenvalue weighted by molar-refractivity contribution is 5.96. The van der Waals surface area contributed by atoms with E-state index in [-0.39, 0.29) is 0 Å². The number of nitrogens with two attached hydrogens (primary N) is 1. The Morgan fingerprint density at radius 1 is 0.900 bits per heavy atom. The molecule has 0 saturated carbocycles. The third-order valence-electron chi connectivity index (χ3n) is 3.29. The van der Waals surface area contributed by atoms with E-state index in [1.807, 2.05) is 36.4 Å². The zero-order chi connectivity index (χ0) is 14.1. The predicted octanol–water partition coefficient (Wildman–Crippen LogP) is 2.96. The minimum Gasteiger partial charge on any atom is -0.396 e. The maximum absolute atomic E-state index is 9.39. The van der Waals surface area contributed by atoms with Gasteiger partial charge < -0.3 is 5.73 Å². The Labute approximate surface area is 115 Å². The summed E-state index contributed by atoms with van der Waals surface area (Å²) >= 11 is 0. The average Bonchev–Trinajstić information content (AvgIpc) is 2.80. The molecule has 0 bridgehead atoms. The molecule has 94 valence electrons. The minimum atomic E-state index is 0.355. The second kappa shape index (κ2) is 4.46. The maximum Gasteiger partial charge on any atom is 0.149 e. The highest BCUT2D eigenvalue weighted by Gasteiger charge is 2.17. The summed E-state index contributed by atoms with van der Waals surface area (Å²) in [4.78, 5) is 0. The van der Waals surface area contributed by atoms with Crippen LogP contribution in [0.3, 0.4) is 0 Å². The molecule has 0 aliphatic rings.